The number of carbonyl (C=O) groups is 1. The summed E-state index contributed by atoms with van der Waals surface area (Å²) in [5, 5.41) is 1.00. The average Bonchev–Trinajstić information content (AvgIpc) is 3.24. The van der Waals surface area contributed by atoms with E-state index in [-0.39, 0.29) is 11.6 Å². The summed E-state index contributed by atoms with van der Waals surface area (Å²) in [7, 11) is 0. The lowest BCUT2D eigenvalue weighted by Crippen LogP contribution is -2.24. The molecule has 0 amide bonds. The Labute approximate surface area is 155 Å². The van der Waals surface area contributed by atoms with E-state index in [1.54, 1.807) is 4.57 Å². The van der Waals surface area contributed by atoms with Crippen LogP contribution in [-0.4, -0.2) is 26.6 Å². The van der Waals surface area contributed by atoms with Crippen molar-refractivity contribution in [1.29, 1.82) is 0 Å². The molecule has 136 valence electrons. The molecule has 4 rings (SSSR count). The molecule has 0 aliphatic rings. The molecule has 0 aliphatic heterocycles. The second-order valence-corrected chi connectivity index (χ2v) is 6.44. The first-order valence-electron chi connectivity index (χ1n) is 8.85. The first kappa shape index (κ1) is 17.1. The molecule has 0 radical (unpaired) electrons. The summed E-state index contributed by atoms with van der Waals surface area (Å²) in [6.45, 7) is 0.837. The molecule has 6 heteroatoms. The van der Waals surface area contributed by atoms with Gasteiger partial charge in [0.05, 0.1) is 12.1 Å². The van der Waals surface area contributed by atoms with Crippen molar-refractivity contribution in [2.75, 3.05) is 6.54 Å². The lowest BCUT2D eigenvalue weighted by atomic mass is 10.1. The van der Waals surface area contributed by atoms with E-state index in [9.17, 15) is 9.59 Å². The van der Waals surface area contributed by atoms with Gasteiger partial charge in [0.1, 0.15) is 5.69 Å². The first-order valence-corrected chi connectivity index (χ1v) is 8.85. The van der Waals surface area contributed by atoms with Gasteiger partial charge in [-0.3, -0.25) is 13.9 Å². The van der Waals surface area contributed by atoms with Crippen LogP contribution in [0.1, 0.15) is 21.6 Å². The Morgan fingerprint density at radius 1 is 1.04 bits per heavy atom. The summed E-state index contributed by atoms with van der Waals surface area (Å²) in [5.74, 6) is -0.247. The largest absolute Gasteiger partial charge is 0.330 e. The van der Waals surface area contributed by atoms with Crippen molar-refractivity contribution in [1.82, 2.24) is 14.1 Å². The number of hydrogen-bond acceptors (Lipinski definition) is 3. The summed E-state index contributed by atoms with van der Waals surface area (Å²) in [5.41, 5.74) is 8.52. The Bertz CT molecular complexity index is 1150. The molecule has 27 heavy (non-hydrogen) atoms. The Hall–Kier alpha value is -3.38. The number of hydrogen-bond donors (Lipinski definition) is 2. The van der Waals surface area contributed by atoms with Crippen molar-refractivity contribution in [2.45, 2.75) is 13.0 Å². The molecule has 2 heterocycles. The third kappa shape index (κ3) is 3.11. The number of aromatic amines is 1. The minimum Gasteiger partial charge on any atom is -0.330 e. The number of benzene rings is 2. The van der Waals surface area contributed by atoms with E-state index in [0.717, 1.165) is 22.0 Å². The van der Waals surface area contributed by atoms with Crippen LogP contribution >= 0.6 is 0 Å². The molecule has 2 aromatic carbocycles. The highest BCUT2D eigenvalue weighted by Crippen LogP contribution is 2.22. The molecule has 0 fully saturated rings. The van der Waals surface area contributed by atoms with Crippen LogP contribution in [0, 0.1) is 0 Å². The highest BCUT2D eigenvalue weighted by atomic mass is 16.2. The van der Waals surface area contributed by atoms with Gasteiger partial charge in [-0.15, -0.1) is 0 Å². The van der Waals surface area contributed by atoms with Crippen molar-refractivity contribution in [2.24, 2.45) is 5.73 Å². The third-order valence-corrected chi connectivity index (χ3v) is 4.70. The summed E-state index contributed by atoms with van der Waals surface area (Å²) >= 11 is 0. The fraction of sp³-hybridized carbons (Fsp3) is 0.143. The fourth-order valence-electron chi connectivity index (χ4n) is 3.39. The maximum Gasteiger partial charge on any atom is 0.326 e. The van der Waals surface area contributed by atoms with Crippen molar-refractivity contribution < 1.29 is 4.79 Å². The Balaban J connectivity index is 1.79. The SMILES string of the molecule is NCCc1cn(C(=O)c2c[nH]c(=O)n2Cc2ccccc2)c2ccccc12. The van der Waals surface area contributed by atoms with E-state index in [1.165, 1.54) is 10.8 Å². The van der Waals surface area contributed by atoms with Crippen molar-refractivity contribution in [3.63, 3.8) is 0 Å². The van der Waals surface area contributed by atoms with Crippen LogP contribution < -0.4 is 11.4 Å². The van der Waals surface area contributed by atoms with Gasteiger partial charge in [-0.1, -0.05) is 48.5 Å². The van der Waals surface area contributed by atoms with E-state index in [0.29, 0.717) is 25.2 Å². The highest BCUT2D eigenvalue weighted by Gasteiger charge is 2.19. The maximum atomic E-state index is 13.3. The van der Waals surface area contributed by atoms with Gasteiger partial charge in [-0.2, -0.15) is 0 Å². The Kier molecular flexibility index (Phi) is 4.48. The van der Waals surface area contributed by atoms with Crippen LogP contribution in [0.3, 0.4) is 0 Å². The standard InChI is InChI=1S/C21H20N4O2/c22-11-10-16-14-24(18-9-5-4-8-17(16)18)20(26)19-12-23-21(27)25(19)13-15-6-2-1-3-7-15/h1-9,12,14H,10-11,13,22H2,(H,23,27). The van der Waals surface area contributed by atoms with Gasteiger partial charge < -0.3 is 10.7 Å². The van der Waals surface area contributed by atoms with Crippen molar-refractivity contribution in [3.8, 4) is 0 Å². The summed E-state index contributed by atoms with van der Waals surface area (Å²) in [6, 6.07) is 17.3. The molecule has 0 aliphatic carbocycles. The van der Waals surface area contributed by atoms with Gasteiger partial charge in [0.25, 0.3) is 5.91 Å². The smallest absolute Gasteiger partial charge is 0.326 e. The van der Waals surface area contributed by atoms with Gasteiger partial charge >= 0.3 is 5.69 Å². The highest BCUT2D eigenvalue weighted by molar-refractivity contribution is 6.02. The van der Waals surface area contributed by atoms with E-state index in [4.69, 9.17) is 5.73 Å². The molecule has 0 saturated heterocycles. The molecular formula is C21H20N4O2. The van der Waals surface area contributed by atoms with Crippen LogP contribution in [0.5, 0.6) is 0 Å². The fourth-order valence-corrected chi connectivity index (χ4v) is 3.39. The lowest BCUT2D eigenvalue weighted by molar-refractivity contribution is 0.0955. The third-order valence-electron chi connectivity index (χ3n) is 4.70. The minimum atomic E-state index is -0.305. The van der Waals surface area contributed by atoms with Crippen molar-refractivity contribution in [3.05, 3.63) is 94.3 Å². The first-order chi connectivity index (χ1) is 13.2. The number of imidazole rings is 1. The van der Waals surface area contributed by atoms with Crippen LogP contribution in [0.4, 0.5) is 0 Å². The van der Waals surface area contributed by atoms with Gasteiger partial charge in [-0.25, -0.2) is 4.79 Å². The minimum absolute atomic E-state index is 0.247. The van der Waals surface area contributed by atoms with Crippen LogP contribution in [0.15, 0.2) is 71.8 Å². The number of carbonyl (C=O) groups excluding carboxylic acids is 1. The number of fused-ring (bicyclic) bond motifs is 1. The van der Waals surface area contributed by atoms with Crippen LogP contribution in [-0.2, 0) is 13.0 Å². The van der Waals surface area contributed by atoms with Crippen LogP contribution in [0.25, 0.3) is 10.9 Å². The topological polar surface area (TPSA) is 85.8 Å². The van der Waals surface area contributed by atoms with Crippen LogP contribution in [0.2, 0.25) is 0 Å². The molecule has 0 bridgehead atoms. The normalized spacial score (nSPS) is 11.1. The maximum absolute atomic E-state index is 13.3. The zero-order valence-electron chi connectivity index (χ0n) is 14.8. The number of para-hydroxylation sites is 1. The van der Waals surface area contributed by atoms with E-state index < -0.39 is 0 Å². The Morgan fingerprint density at radius 2 is 1.78 bits per heavy atom. The number of nitrogens with two attached hydrogens (primary N) is 1. The summed E-state index contributed by atoms with van der Waals surface area (Å²) < 4.78 is 3.07. The molecular weight excluding hydrogens is 340 g/mol. The number of nitrogens with one attached hydrogen (secondary N) is 1. The van der Waals surface area contributed by atoms with Gasteiger partial charge in [-0.05, 0) is 30.2 Å². The molecule has 6 nitrogen and oxygen atoms in total. The van der Waals surface area contributed by atoms with Gasteiger partial charge in [0.2, 0.25) is 0 Å². The Morgan fingerprint density at radius 3 is 2.56 bits per heavy atom. The summed E-state index contributed by atoms with van der Waals surface area (Å²) in [6.07, 6.45) is 3.99. The molecule has 0 spiro atoms. The number of H-pyrrole nitrogens is 1. The number of rotatable bonds is 5. The van der Waals surface area contributed by atoms with Crippen molar-refractivity contribution >= 4 is 16.8 Å². The number of aromatic nitrogens is 3. The second-order valence-electron chi connectivity index (χ2n) is 6.44. The monoisotopic (exact) mass is 360 g/mol. The molecule has 0 atom stereocenters. The molecule has 0 unspecified atom stereocenters. The van der Waals surface area contributed by atoms with E-state index >= 15 is 0 Å². The zero-order chi connectivity index (χ0) is 18.8. The molecule has 4 aromatic rings. The second kappa shape index (κ2) is 7.09. The predicted octanol–water partition coefficient (Wildman–Crippen LogP) is 2.37. The van der Waals surface area contributed by atoms with Gasteiger partial charge in [0.15, 0.2) is 0 Å². The number of nitrogens with zero attached hydrogens (tertiary/aromatic N) is 2. The molecule has 3 N–H and O–H groups in total. The van der Waals surface area contributed by atoms with E-state index in [2.05, 4.69) is 4.98 Å². The molecule has 2 aromatic heterocycles. The lowest BCUT2D eigenvalue weighted by Gasteiger charge is -2.08. The quantitative estimate of drug-likeness (QED) is 0.573. The van der Waals surface area contributed by atoms with E-state index in [1.807, 2.05) is 60.8 Å². The predicted molar refractivity (Wildman–Crippen MR) is 105 cm³/mol. The molecule has 0 saturated carbocycles. The average molecular weight is 360 g/mol. The summed E-state index contributed by atoms with van der Waals surface area (Å²) in [4.78, 5) is 28.2. The van der Waals surface area contributed by atoms with Gasteiger partial charge in [0, 0.05) is 17.8 Å². The zero-order valence-corrected chi connectivity index (χ0v) is 14.8.